The minimum absolute atomic E-state index is 0. The summed E-state index contributed by atoms with van der Waals surface area (Å²) < 4.78 is 0. The van der Waals surface area contributed by atoms with Crippen LogP contribution in [0.5, 0.6) is 0 Å². The van der Waals surface area contributed by atoms with Crippen LogP contribution in [0.4, 0.5) is 0 Å². The average Bonchev–Trinajstić information content (AvgIpc) is 2.80. The minimum Gasteiger partial charge on any atom is -0.355 e. The monoisotopic (exact) mass is 392 g/mol. The Labute approximate surface area is 140 Å². The van der Waals surface area contributed by atoms with Crippen molar-refractivity contribution in [3.63, 3.8) is 0 Å². The van der Waals surface area contributed by atoms with E-state index < -0.39 is 0 Å². The number of nitrogens with one attached hydrogen (secondary N) is 1. The van der Waals surface area contributed by atoms with Crippen molar-refractivity contribution in [1.82, 2.24) is 15.1 Å². The highest BCUT2D eigenvalue weighted by Crippen LogP contribution is 2.35. The van der Waals surface area contributed by atoms with Gasteiger partial charge in [0.05, 0.1) is 0 Å². The first-order chi connectivity index (χ1) is 9.36. The standard InChI is InChI=1S/C15H28N4.HI/c1-16-15(17-7-10-18-8-4-9-18)19-11-13-5-2-3-6-14(13)12-19;/h13-14H,2-12H2,1H3,(H,16,17);1H. The van der Waals surface area contributed by atoms with Gasteiger partial charge in [-0.15, -0.1) is 24.0 Å². The summed E-state index contributed by atoms with van der Waals surface area (Å²) in [5.74, 6) is 3.00. The maximum absolute atomic E-state index is 4.48. The summed E-state index contributed by atoms with van der Waals surface area (Å²) in [6.45, 7) is 7.24. The van der Waals surface area contributed by atoms with Crippen LogP contribution >= 0.6 is 24.0 Å². The zero-order valence-electron chi connectivity index (χ0n) is 12.7. The molecule has 5 heteroatoms. The van der Waals surface area contributed by atoms with E-state index in [1.165, 1.54) is 64.8 Å². The van der Waals surface area contributed by atoms with Crippen molar-refractivity contribution in [3.8, 4) is 0 Å². The molecule has 3 aliphatic rings. The van der Waals surface area contributed by atoms with Crippen molar-refractivity contribution in [3.05, 3.63) is 0 Å². The molecule has 0 aromatic rings. The normalized spacial score (nSPS) is 30.4. The Morgan fingerprint density at radius 1 is 1.10 bits per heavy atom. The fraction of sp³-hybridized carbons (Fsp3) is 0.933. The Hall–Kier alpha value is -0.0400. The van der Waals surface area contributed by atoms with Gasteiger partial charge in [-0.3, -0.25) is 4.99 Å². The van der Waals surface area contributed by atoms with Crippen LogP contribution in [0.15, 0.2) is 4.99 Å². The summed E-state index contributed by atoms with van der Waals surface area (Å²) in [6, 6.07) is 0. The summed E-state index contributed by atoms with van der Waals surface area (Å²) >= 11 is 0. The Morgan fingerprint density at radius 2 is 1.75 bits per heavy atom. The van der Waals surface area contributed by atoms with E-state index in [-0.39, 0.29) is 24.0 Å². The van der Waals surface area contributed by atoms with Gasteiger partial charge in [0.1, 0.15) is 0 Å². The molecule has 0 amide bonds. The molecule has 0 radical (unpaired) electrons. The Bertz CT molecular complexity index is 316. The quantitative estimate of drug-likeness (QED) is 0.453. The van der Waals surface area contributed by atoms with Crippen molar-refractivity contribution >= 4 is 29.9 Å². The second-order valence-electron chi connectivity index (χ2n) is 6.38. The van der Waals surface area contributed by atoms with Crippen LogP contribution in [0, 0.1) is 11.8 Å². The van der Waals surface area contributed by atoms with Gasteiger partial charge in [0.25, 0.3) is 0 Å². The molecule has 3 rings (SSSR count). The first kappa shape index (κ1) is 16.3. The lowest BCUT2D eigenvalue weighted by atomic mass is 9.82. The van der Waals surface area contributed by atoms with Crippen LogP contribution in [0.25, 0.3) is 0 Å². The molecule has 2 saturated heterocycles. The van der Waals surface area contributed by atoms with E-state index in [1.54, 1.807) is 0 Å². The summed E-state index contributed by atoms with van der Waals surface area (Å²) in [6.07, 6.45) is 7.13. The number of fused-ring (bicyclic) bond motifs is 1. The zero-order chi connectivity index (χ0) is 13.1. The molecule has 20 heavy (non-hydrogen) atoms. The molecule has 4 nitrogen and oxygen atoms in total. The molecular formula is C15H29IN4. The molecule has 2 atom stereocenters. The highest BCUT2D eigenvalue weighted by Gasteiger charge is 2.35. The molecule has 1 aliphatic carbocycles. The molecule has 2 aliphatic heterocycles. The average molecular weight is 392 g/mol. The number of halogens is 1. The molecule has 3 fully saturated rings. The summed E-state index contributed by atoms with van der Waals surface area (Å²) in [5.41, 5.74) is 0. The lowest BCUT2D eigenvalue weighted by Crippen LogP contribution is -2.46. The van der Waals surface area contributed by atoms with E-state index in [1.807, 2.05) is 7.05 Å². The molecule has 2 unspecified atom stereocenters. The predicted octanol–water partition coefficient (Wildman–Crippen LogP) is 2.01. The fourth-order valence-electron chi connectivity index (χ4n) is 3.84. The van der Waals surface area contributed by atoms with Crippen molar-refractivity contribution in [2.45, 2.75) is 32.1 Å². The van der Waals surface area contributed by atoms with Crippen LogP contribution in [0.1, 0.15) is 32.1 Å². The molecular weight excluding hydrogens is 363 g/mol. The largest absolute Gasteiger partial charge is 0.355 e. The Kier molecular flexibility index (Phi) is 6.39. The van der Waals surface area contributed by atoms with Crippen molar-refractivity contribution in [2.24, 2.45) is 16.8 Å². The first-order valence-corrected chi connectivity index (χ1v) is 8.05. The molecule has 116 valence electrons. The smallest absolute Gasteiger partial charge is 0.193 e. The molecule has 1 N–H and O–H groups in total. The van der Waals surface area contributed by atoms with Crippen LogP contribution in [0.2, 0.25) is 0 Å². The van der Waals surface area contributed by atoms with Gasteiger partial charge >= 0.3 is 0 Å². The number of guanidine groups is 1. The van der Waals surface area contributed by atoms with E-state index in [2.05, 4.69) is 20.1 Å². The molecule has 0 aromatic carbocycles. The Balaban J connectivity index is 0.00000147. The lowest BCUT2D eigenvalue weighted by Gasteiger charge is -2.31. The highest BCUT2D eigenvalue weighted by atomic mass is 127. The van der Waals surface area contributed by atoms with Gasteiger partial charge in [0, 0.05) is 33.2 Å². The summed E-state index contributed by atoms with van der Waals surface area (Å²) in [5, 5.41) is 3.55. The number of rotatable bonds is 3. The van der Waals surface area contributed by atoms with Gasteiger partial charge in [-0.2, -0.15) is 0 Å². The number of hydrogen-bond acceptors (Lipinski definition) is 2. The molecule has 2 heterocycles. The third-order valence-electron chi connectivity index (χ3n) is 5.15. The second kappa shape index (κ2) is 7.82. The van der Waals surface area contributed by atoms with E-state index in [9.17, 15) is 0 Å². The third-order valence-corrected chi connectivity index (χ3v) is 5.15. The zero-order valence-corrected chi connectivity index (χ0v) is 15.0. The van der Waals surface area contributed by atoms with Crippen LogP contribution < -0.4 is 5.32 Å². The van der Waals surface area contributed by atoms with Crippen molar-refractivity contribution < 1.29 is 0 Å². The van der Waals surface area contributed by atoms with Gasteiger partial charge < -0.3 is 15.1 Å². The van der Waals surface area contributed by atoms with E-state index in [0.29, 0.717) is 0 Å². The summed E-state index contributed by atoms with van der Waals surface area (Å²) in [4.78, 5) is 9.48. The maximum Gasteiger partial charge on any atom is 0.193 e. The Morgan fingerprint density at radius 3 is 2.25 bits per heavy atom. The lowest BCUT2D eigenvalue weighted by molar-refractivity contribution is 0.184. The fourth-order valence-corrected chi connectivity index (χ4v) is 3.84. The molecule has 1 saturated carbocycles. The predicted molar refractivity (Wildman–Crippen MR) is 94.9 cm³/mol. The molecule has 0 bridgehead atoms. The van der Waals surface area contributed by atoms with Gasteiger partial charge in [0.2, 0.25) is 0 Å². The van der Waals surface area contributed by atoms with Gasteiger partial charge in [-0.1, -0.05) is 12.8 Å². The first-order valence-electron chi connectivity index (χ1n) is 8.05. The van der Waals surface area contributed by atoms with Gasteiger partial charge in [-0.25, -0.2) is 0 Å². The van der Waals surface area contributed by atoms with E-state index >= 15 is 0 Å². The van der Waals surface area contributed by atoms with Gasteiger partial charge in [-0.05, 0) is 44.2 Å². The number of nitrogens with zero attached hydrogens (tertiary/aromatic N) is 3. The number of aliphatic imine (C=N–C) groups is 1. The minimum atomic E-state index is 0. The van der Waals surface area contributed by atoms with Crippen molar-refractivity contribution in [2.75, 3.05) is 46.3 Å². The third kappa shape index (κ3) is 3.78. The van der Waals surface area contributed by atoms with Gasteiger partial charge in [0.15, 0.2) is 5.96 Å². The van der Waals surface area contributed by atoms with Crippen LogP contribution in [-0.2, 0) is 0 Å². The number of hydrogen-bond donors (Lipinski definition) is 1. The van der Waals surface area contributed by atoms with E-state index in [0.717, 1.165) is 24.3 Å². The highest BCUT2D eigenvalue weighted by molar-refractivity contribution is 14.0. The van der Waals surface area contributed by atoms with Crippen LogP contribution in [-0.4, -0.2) is 62.1 Å². The number of likely N-dealkylation sites (tertiary alicyclic amines) is 2. The van der Waals surface area contributed by atoms with Crippen LogP contribution in [0.3, 0.4) is 0 Å². The molecule has 0 spiro atoms. The SMILES string of the molecule is CN=C(NCCN1CCC1)N1CC2CCCCC2C1.I. The van der Waals surface area contributed by atoms with E-state index in [4.69, 9.17) is 0 Å². The van der Waals surface area contributed by atoms with Crippen molar-refractivity contribution in [1.29, 1.82) is 0 Å². The second-order valence-corrected chi connectivity index (χ2v) is 6.38. The summed E-state index contributed by atoms with van der Waals surface area (Å²) in [7, 11) is 1.92. The maximum atomic E-state index is 4.48. The molecule has 0 aromatic heterocycles. The topological polar surface area (TPSA) is 30.9 Å².